The molecule has 2 aromatic carbocycles. The lowest BCUT2D eigenvalue weighted by atomic mass is 9.99. The third-order valence-corrected chi connectivity index (χ3v) is 4.83. The van der Waals surface area contributed by atoms with Crippen molar-refractivity contribution in [3.8, 4) is 0 Å². The van der Waals surface area contributed by atoms with E-state index < -0.39 is 0 Å². The van der Waals surface area contributed by atoms with Gasteiger partial charge < -0.3 is 20.4 Å². The van der Waals surface area contributed by atoms with Crippen molar-refractivity contribution in [3.63, 3.8) is 0 Å². The average Bonchev–Trinajstić information content (AvgIpc) is 3.30. The Morgan fingerprint density at radius 3 is 2.48 bits per heavy atom. The standard InChI is InChI=1S/C24H28N4O2.HI/c1-17-6-4-7-20(14-17)18(2)15-26-24(25-3)27-16-19-9-11-21(12-10-19)28-23(29)22-8-5-13-30-22;/h4-14,18H,15-16H2,1-3H3,(H,28,29)(H2,25,26,27);1H. The lowest BCUT2D eigenvalue weighted by Gasteiger charge is -2.17. The molecule has 1 atom stereocenters. The molecule has 7 heteroatoms. The maximum Gasteiger partial charge on any atom is 0.291 e. The summed E-state index contributed by atoms with van der Waals surface area (Å²) in [4.78, 5) is 16.3. The van der Waals surface area contributed by atoms with E-state index in [0.29, 0.717) is 12.5 Å². The first-order chi connectivity index (χ1) is 14.5. The fraction of sp³-hybridized carbons (Fsp3) is 0.250. The maximum absolute atomic E-state index is 12.0. The highest BCUT2D eigenvalue weighted by Gasteiger charge is 2.09. The summed E-state index contributed by atoms with van der Waals surface area (Å²) in [6.45, 7) is 5.73. The number of rotatable bonds is 7. The Bertz CT molecular complexity index is 985. The lowest BCUT2D eigenvalue weighted by molar-refractivity contribution is 0.0996. The minimum atomic E-state index is -0.266. The van der Waals surface area contributed by atoms with E-state index in [1.165, 1.54) is 17.4 Å². The number of hydrogen-bond acceptors (Lipinski definition) is 3. The Morgan fingerprint density at radius 1 is 1.06 bits per heavy atom. The summed E-state index contributed by atoms with van der Waals surface area (Å²) in [5.41, 5.74) is 4.38. The summed E-state index contributed by atoms with van der Waals surface area (Å²) in [6.07, 6.45) is 1.48. The molecule has 0 radical (unpaired) electrons. The highest BCUT2D eigenvalue weighted by atomic mass is 127. The molecule has 1 amide bonds. The second-order valence-electron chi connectivity index (χ2n) is 7.25. The van der Waals surface area contributed by atoms with E-state index in [1.54, 1.807) is 19.2 Å². The molecule has 0 spiro atoms. The zero-order chi connectivity index (χ0) is 21.3. The Hall–Kier alpha value is -2.81. The van der Waals surface area contributed by atoms with Gasteiger partial charge in [0.15, 0.2) is 11.7 Å². The van der Waals surface area contributed by atoms with Gasteiger partial charge in [0.1, 0.15) is 0 Å². The number of amides is 1. The van der Waals surface area contributed by atoms with E-state index in [0.717, 1.165) is 23.8 Å². The van der Waals surface area contributed by atoms with E-state index in [-0.39, 0.29) is 35.6 Å². The largest absolute Gasteiger partial charge is 0.459 e. The zero-order valence-corrected chi connectivity index (χ0v) is 20.3. The Labute approximate surface area is 200 Å². The van der Waals surface area contributed by atoms with Gasteiger partial charge in [-0.3, -0.25) is 9.79 Å². The van der Waals surface area contributed by atoms with Crippen molar-refractivity contribution in [1.29, 1.82) is 0 Å². The third kappa shape index (κ3) is 7.43. The summed E-state index contributed by atoms with van der Waals surface area (Å²) in [6, 6.07) is 19.6. The predicted octanol–water partition coefficient (Wildman–Crippen LogP) is 4.93. The van der Waals surface area contributed by atoms with Crippen LogP contribution in [0.15, 0.2) is 76.3 Å². The molecule has 3 rings (SSSR count). The second kappa shape index (κ2) is 12.1. The van der Waals surface area contributed by atoms with E-state index in [2.05, 4.69) is 59.1 Å². The summed E-state index contributed by atoms with van der Waals surface area (Å²) < 4.78 is 5.10. The molecule has 164 valence electrons. The van der Waals surface area contributed by atoms with E-state index in [9.17, 15) is 4.79 Å². The quantitative estimate of drug-likeness (QED) is 0.229. The van der Waals surface area contributed by atoms with E-state index in [1.807, 2.05) is 24.3 Å². The van der Waals surface area contributed by atoms with Gasteiger partial charge in [-0.1, -0.05) is 48.9 Å². The van der Waals surface area contributed by atoms with Crippen LogP contribution in [0, 0.1) is 6.92 Å². The normalized spacial score (nSPS) is 11.9. The van der Waals surface area contributed by atoms with Crippen molar-refractivity contribution in [1.82, 2.24) is 10.6 Å². The summed E-state index contributed by atoms with van der Waals surface area (Å²) in [5.74, 6) is 1.15. The molecular weight excluding hydrogens is 503 g/mol. The minimum Gasteiger partial charge on any atom is -0.459 e. The van der Waals surface area contributed by atoms with E-state index in [4.69, 9.17) is 4.42 Å². The van der Waals surface area contributed by atoms with Gasteiger partial charge in [-0.15, -0.1) is 24.0 Å². The van der Waals surface area contributed by atoms with Gasteiger partial charge >= 0.3 is 0 Å². The van der Waals surface area contributed by atoms with Crippen LogP contribution >= 0.6 is 24.0 Å². The molecule has 0 aliphatic carbocycles. The summed E-state index contributed by atoms with van der Waals surface area (Å²) >= 11 is 0. The van der Waals surface area contributed by atoms with Crippen LogP contribution < -0.4 is 16.0 Å². The number of aliphatic imine (C=N–C) groups is 1. The Morgan fingerprint density at radius 2 is 1.84 bits per heavy atom. The topological polar surface area (TPSA) is 78.7 Å². The Kier molecular flexibility index (Phi) is 9.58. The van der Waals surface area contributed by atoms with Crippen molar-refractivity contribution < 1.29 is 9.21 Å². The average molecular weight is 532 g/mol. The van der Waals surface area contributed by atoms with Gasteiger partial charge in [0.05, 0.1) is 6.26 Å². The van der Waals surface area contributed by atoms with Gasteiger partial charge in [-0.25, -0.2) is 0 Å². The predicted molar refractivity (Wildman–Crippen MR) is 136 cm³/mol. The third-order valence-electron chi connectivity index (χ3n) is 4.83. The fourth-order valence-electron chi connectivity index (χ4n) is 3.06. The highest BCUT2D eigenvalue weighted by molar-refractivity contribution is 14.0. The maximum atomic E-state index is 12.0. The molecule has 0 fully saturated rings. The van der Waals surface area contributed by atoms with Crippen molar-refractivity contribution in [2.24, 2.45) is 4.99 Å². The summed E-state index contributed by atoms with van der Waals surface area (Å²) in [7, 11) is 1.76. The molecule has 0 aliphatic heterocycles. The molecule has 0 saturated carbocycles. The van der Waals surface area contributed by atoms with Crippen LogP contribution in [0.1, 0.15) is 40.1 Å². The molecule has 0 saturated heterocycles. The molecular formula is C24H29IN4O2. The first-order valence-corrected chi connectivity index (χ1v) is 10.00. The lowest BCUT2D eigenvalue weighted by Crippen LogP contribution is -2.38. The molecule has 1 unspecified atom stereocenters. The van der Waals surface area contributed by atoms with Gasteiger partial charge in [-0.2, -0.15) is 0 Å². The zero-order valence-electron chi connectivity index (χ0n) is 18.0. The van der Waals surface area contributed by atoms with Crippen LogP contribution in [0.5, 0.6) is 0 Å². The van der Waals surface area contributed by atoms with Crippen LogP contribution in [0.3, 0.4) is 0 Å². The molecule has 1 aromatic heterocycles. The van der Waals surface area contributed by atoms with Crippen molar-refractivity contribution in [2.45, 2.75) is 26.3 Å². The van der Waals surface area contributed by atoms with Gasteiger partial charge in [0, 0.05) is 25.8 Å². The summed E-state index contributed by atoms with van der Waals surface area (Å²) in [5, 5.41) is 9.52. The number of halogens is 1. The first-order valence-electron chi connectivity index (χ1n) is 10.00. The molecule has 0 aliphatic rings. The molecule has 31 heavy (non-hydrogen) atoms. The van der Waals surface area contributed by atoms with Gasteiger partial charge in [-0.05, 0) is 48.2 Å². The van der Waals surface area contributed by atoms with Crippen molar-refractivity contribution in [3.05, 3.63) is 89.4 Å². The molecule has 0 bridgehead atoms. The number of carbonyl (C=O) groups is 1. The minimum absolute atomic E-state index is 0. The van der Waals surface area contributed by atoms with Crippen LogP contribution in [0.25, 0.3) is 0 Å². The SMILES string of the molecule is CN=C(NCc1ccc(NC(=O)c2ccco2)cc1)NCC(C)c1cccc(C)c1.I. The van der Waals surface area contributed by atoms with Gasteiger partial charge in [0.25, 0.3) is 5.91 Å². The smallest absolute Gasteiger partial charge is 0.291 e. The van der Waals surface area contributed by atoms with Crippen molar-refractivity contribution in [2.75, 3.05) is 18.9 Å². The number of nitrogens with zero attached hydrogens (tertiary/aromatic N) is 1. The molecule has 1 heterocycles. The highest BCUT2D eigenvalue weighted by Crippen LogP contribution is 2.15. The van der Waals surface area contributed by atoms with Gasteiger partial charge in [0.2, 0.25) is 0 Å². The molecule has 3 aromatic rings. The Balaban J connectivity index is 0.00000341. The number of furan rings is 1. The van der Waals surface area contributed by atoms with Crippen LogP contribution in [-0.2, 0) is 6.54 Å². The van der Waals surface area contributed by atoms with Crippen molar-refractivity contribution >= 4 is 41.5 Å². The number of aryl methyl sites for hydroxylation is 1. The fourth-order valence-corrected chi connectivity index (χ4v) is 3.06. The number of anilines is 1. The molecule has 3 N–H and O–H groups in total. The van der Waals surface area contributed by atoms with Crippen LogP contribution in [-0.4, -0.2) is 25.5 Å². The number of carbonyl (C=O) groups excluding carboxylic acids is 1. The number of hydrogen-bond donors (Lipinski definition) is 3. The monoisotopic (exact) mass is 532 g/mol. The van der Waals surface area contributed by atoms with Crippen LogP contribution in [0.4, 0.5) is 5.69 Å². The molecule has 6 nitrogen and oxygen atoms in total. The first kappa shape index (κ1) is 24.5. The second-order valence-corrected chi connectivity index (χ2v) is 7.25. The number of guanidine groups is 1. The number of nitrogens with one attached hydrogen (secondary N) is 3. The van der Waals surface area contributed by atoms with E-state index >= 15 is 0 Å². The van der Waals surface area contributed by atoms with Crippen LogP contribution in [0.2, 0.25) is 0 Å². The number of benzene rings is 2.